The minimum atomic E-state index is -0.0774. The zero-order valence-electron chi connectivity index (χ0n) is 9.10. The summed E-state index contributed by atoms with van der Waals surface area (Å²) in [4.78, 5) is 0. The molecule has 1 nitrogen and oxygen atoms in total. The fourth-order valence-corrected chi connectivity index (χ4v) is 1.51. The SMILES string of the molecule is CNCc1ccc(CC(C)C)c(F)c1. The molecule has 0 radical (unpaired) electrons. The molecule has 78 valence electrons. The second kappa shape index (κ2) is 5.11. The third-order valence-electron chi connectivity index (χ3n) is 2.13. The van der Waals surface area contributed by atoms with Crippen LogP contribution in [0.25, 0.3) is 0 Å². The maximum Gasteiger partial charge on any atom is 0.126 e. The highest BCUT2D eigenvalue weighted by Gasteiger charge is 2.05. The average Bonchev–Trinajstić information content (AvgIpc) is 2.10. The topological polar surface area (TPSA) is 12.0 Å². The zero-order chi connectivity index (χ0) is 10.6. The van der Waals surface area contributed by atoms with Gasteiger partial charge in [-0.1, -0.05) is 26.0 Å². The lowest BCUT2D eigenvalue weighted by atomic mass is 10.0. The molecule has 0 unspecified atom stereocenters. The number of hydrogen-bond acceptors (Lipinski definition) is 1. The molecule has 0 atom stereocenters. The average molecular weight is 195 g/mol. The van der Waals surface area contributed by atoms with Crippen molar-refractivity contribution in [2.75, 3.05) is 7.05 Å². The second-order valence-electron chi connectivity index (χ2n) is 4.05. The van der Waals surface area contributed by atoms with Crippen LogP contribution in [0.4, 0.5) is 4.39 Å². The number of hydrogen-bond donors (Lipinski definition) is 1. The molecule has 14 heavy (non-hydrogen) atoms. The summed E-state index contributed by atoms with van der Waals surface area (Å²) in [5.41, 5.74) is 1.82. The largest absolute Gasteiger partial charge is 0.316 e. The first kappa shape index (κ1) is 11.2. The number of halogens is 1. The normalized spacial score (nSPS) is 10.9. The summed E-state index contributed by atoms with van der Waals surface area (Å²) in [7, 11) is 1.86. The van der Waals surface area contributed by atoms with Crippen LogP contribution in [0.1, 0.15) is 25.0 Å². The van der Waals surface area contributed by atoms with Crippen LogP contribution in [0.2, 0.25) is 0 Å². The van der Waals surface area contributed by atoms with Gasteiger partial charge >= 0.3 is 0 Å². The summed E-state index contributed by atoms with van der Waals surface area (Å²) in [6, 6.07) is 5.49. The number of benzene rings is 1. The van der Waals surface area contributed by atoms with Gasteiger partial charge in [0.05, 0.1) is 0 Å². The first-order chi connectivity index (χ1) is 6.63. The lowest BCUT2D eigenvalue weighted by Gasteiger charge is -2.08. The van der Waals surface area contributed by atoms with Crippen LogP contribution in [-0.4, -0.2) is 7.05 Å². The molecular formula is C12H18FN. The highest BCUT2D eigenvalue weighted by atomic mass is 19.1. The standard InChI is InChI=1S/C12H18FN/c1-9(2)6-11-5-4-10(8-14-3)7-12(11)13/h4-5,7,9,14H,6,8H2,1-3H3. The van der Waals surface area contributed by atoms with Crippen LogP contribution in [0.3, 0.4) is 0 Å². The van der Waals surface area contributed by atoms with Crippen LogP contribution in [0.5, 0.6) is 0 Å². The molecule has 0 amide bonds. The van der Waals surface area contributed by atoms with Gasteiger partial charge in [0.25, 0.3) is 0 Å². The highest BCUT2D eigenvalue weighted by Crippen LogP contribution is 2.14. The van der Waals surface area contributed by atoms with Crippen LogP contribution in [0.15, 0.2) is 18.2 Å². The molecule has 0 saturated carbocycles. The zero-order valence-corrected chi connectivity index (χ0v) is 9.10. The molecule has 0 aliphatic heterocycles. The van der Waals surface area contributed by atoms with Crippen molar-refractivity contribution in [3.05, 3.63) is 35.1 Å². The van der Waals surface area contributed by atoms with E-state index in [2.05, 4.69) is 19.2 Å². The molecule has 1 aromatic carbocycles. The van der Waals surface area contributed by atoms with Gasteiger partial charge in [-0.05, 0) is 36.6 Å². The molecule has 1 aromatic rings. The molecular weight excluding hydrogens is 177 g/mol. The Hall–Kier alpha value is -0.890. The second-order valence-corrected chi connectivity index (χ2v) is 4.05. The Kier molecular flexibility index (Phi) is 4.08. The third-order valence-corrected chi connectivity index (χ3v) is 2.13. The van der Waals surface area contributed by atoms with Crippen LogP contribution >= 0.6 is 0 Å². The molecule has 2 heteroatoms. The lowest BCUT2D eigenvalue weighted by molar-refractivity contribution is 0.571. The first-order valence-electron chi connectivity index (χ1n) is 5.05. The van der Waals surface area contributed by atoms with Gasteiger partial charge in [0.1, 0.15) is 5.82 Å². The van der Waals surface area contributed by atoms with E-state index in [-0.39, 0.29) is 5.82 Å². The summed E-state index contributed by atoms with van der Waals surface area (Å²) >= 11 is 0. The van der Waals surface area contributed by atoms with Gasteiger partial charge in [0.15, 0.2) is 0 Å². The van der Waals surface area contributed by atoms with Gasteiger partial charge in [-0.25, -0.2) is 4.39 Å². The van der Waals surface area contributed by atoms with Gasteiger partial charge in [-0.2, -0.15) is 0 Å². The number of nitrogens with one attached hydrogen (secondary N) is 1. The monoisotopic (exact) mass is 195 g/mol. The van der Waals surface area contributed by atoms with E-state index in [1.54, 1.807) is 6.07 Å². The van der Waals surface area contributed by atoms with Gasteiger partial charge in [0, 0.05) is 6.54 Å². The molecule has 0 aliphatic rings. The Bertz CT molecular complexity index is 294. The van der Waals surface area contributed by atoms with Crippen molar-refractivity contribution in [2.24, 2.45) is 5.92 Å². The Labute approximate surface area is 85.3 Å². The van der Waals surface area contributed by atoms with Gasteiger partial charge < -0.3 is 5.32 Å². The fraction of sp³-hybridized carbons (Fsp3) is 0.500. The van der Waals surface area contributed by atoms with E-state index < -0.39 is 0 Å². The van der Waals surface area contributed by atoms with E-state index >= 15 is 0 Å². The first-order valence-corrected chi connectivity index (χ1v) is 5.05. The predicted molar refractivity (Wildman–Crippen MR) is 57.7 cm³/mol. The van der Waals surface area contributed by atoms with E-state index in [1.165, 1.54) is 0 Å². The summed E-state index contributed by atoms with van der Waals surface area (Å²) < 4.78 is 13.5. The molecule has 1 N–H and O–H groups in total. The molecule has 0 aromatic heterocycles. The molecule has 0 heterocycles. The Balaban J connectivity index is 2.79. The summed E-state index contributed by atoms with van der Waals surface area (Å²) in [5, 5.41) is 3.00. The summed E-state index contributed by atoms with van der Waals surface area (Å²) in [6.07, 6.45) is 0.811. The van der Waals surface area contributed by atoms with Crippen LogP contribution in [0, 0.1) is 11.7 Å². The van der Waals surface area contributed by atoms with Crippen molar-refractivity contribution >= 4 is 0 Å². The Morgan fingerprint density at radius 2 is 2.07 bits per heavy atom. The minimum absolute atomic E-state index is 0.0774. The van der Waals surface area contributed by atoms with Gasteiger partial charge in [-0.15, -0.1) is 0 Å². The van der Waals surface area contributed by atoms with Gasteiger partial charge in [0.2, 0.25) is 0 Å². The quantitative estimate of drug-likeness (QED) is 0.779. The van der Waals surface area contributed by atoms with E-state index in [4.69, 9.17) is 0 Å². The van der Waals surface area contributed by atoms with Crippen molar-refractivity contribution in [3.63, 3.8) is 0 Å². The highest BCUT2D eigenvalue weighted by molar-refractivity contribution is 5.24. The lowest BCUT2D eigenvalue weighted by Crippen LogP contribution is -2.06. The minimum Gasteiger partial charge on any atom is -0.316 e. The van der Waals surface area contributed by atoms with Crippen molar-refractivity contribution in [3.8, 4) is 0 Å². The van der Waals surface area contributed by atoms with Crippen molar-refractivity contribution in [1.29, 1.82) is 0 Å². The van der Waals surface area contributed by atoms with E-state index in [0.717, 1.165) is 24.1 Å². The molecule has 0 fully saturated rings. The van der Waals surface area contributed by atoms with Gasteiger partial charge in [-0.3, -0.25) is 0 Å². The Morgan fingerprint density at radius 3 is 2.57 bits per heavy atom. The summed E-state index contributed by atoms with van der Waals surface area (Å²) in [6.45, 7) is 4.92. The molecule has 0 spiro atoms. The van der Waals surface area contributed by atoms with Crippen molar-refractivity contribution in [2.45, 2.75) is 26.8 Å². The van der Waals surface area contributed by atoms with Crippen LogP contribution < -0.4 is 5.32 Å². The Morgan fingerprint density at radius 1 is 1.36 bits per heavy atom. The summed E-state index contributed by atoms with van der Waals surface area (Å²) in [5.74, 6) is 0.422. The van der Waals surface area contributed by atoms with E-state index in [0.29, 0.717) is 5.92 Å². The maximum absolute atomic E-state index is 13.5. The molecule has 0 bridgehead atoms. The fourth-order valence-electron chi connectivity index (χ4n) is 1.51. The smallest absolute Gasteiger partial charge is 0.126 e. The maximum atomic E-state index is 13.5. The molecule has 0 saturated heterocycles. The van der Waals surface area contributed by atoms with Crippen molar-refractivity contribution < 1.29 is 4.39 Å². The molecule has 1 rings (SSSR count). The predicted octanol–water partition coefficient (Wildman–Crippen LogP) is 2.74. The van der Waals surface area contributed by atoms with E-state index in [1.807, 2.05) is 19.2 Å². The number of rotatable bonds is 4. The van der Waals surface area contributed by atoms with E-state index in [9.17, 15) is 4.39 Å². The third kappa shape index (κ3) is 3.11. The molecule has 0 aliphatic carbocycles. The van der Waals surface area contributed by atoms with Crippen LogP contribution in [-0.2, 0) is 13.0 Å². The van der Waals surface area contributed by atoms with Crippen molar-refractivity contribution in [1.82, 2.24) is 5.32 Å².